The molecule has 1 amide bonds. The molecule has 0 aliphatic carbocycles. The summed E-state index contributed by atoms with van der Waals surface area (Å²) in [6.45, 7) is 4.47. The maximum atomic E-state index is 13.8. The summed E-state index contributed by atoms with van der Waals surface area (Å²) < 4.78 is 15.1. The molecule has 0 bridgehead atoms. The predicted molar refractivity (Wildman–Crippen MR) is 123 cm³/mol. The molecular weight excluding hydrogens is 429 g/mol. The number of fused-ring (bicyclic) bond motifs is 1. The number of nitrogens with zero attached hydrogens (tertiary/aromatic N) is 5. The third-order valence-corrected chi connectivity index (χ3v) is 6.44. The van der Waals surface area contributed by atoms with Gasteiger partial charge in [0.2, 0.25) is 5.91 Å². The van der Waals surface area contributed by atoms with Crippen molar-refractivity contribution in [3.05, 3.63) is 77.2 Å². The number of halogens is 2. The zero-order valence-corrected chi connectivity index (χ0v) is 18.4. The standard InChI is InChI=1S/C24H23ClFN5O/c1-16-22(23(17-3-2-4-18(25)15-17)31-21(28-16)9-10-27-31)24(32)30-13-11-29(12-14-30)20-7-5-19(26)6-8-20/h2-10,15,22-23H,11-14H2,1H3. The molecule has 2 aromatic carbocycles. The summed E-state index contributed by atoms with van der Waals surface area (Å²) >= 11 is 6.28. The van der Waals surface area contributed by atoms with Gasteiger partial charge in [-0.25, -0.2) is 14.1 Å². The Kier molecular flexibility index (Phi) is 5.43. The molecule has 8 heteroatoms. The molecule has 2 unspecified atom stereocenters. The fraction of sp³-hybridized carbons (Fsp3) is 0.292. The molecule has 32 heavy (non-hydrogen) atoms. The van der Waals surface area contributed by atoms with Gasteiger partial charge in [0.25, 0.3) is 0 Å². The van der Waals surface area contributed by atoms with Gasteiger partial charge in [-0.15, -0.1) is 0 Å². The highest BCUT2D eigenvalue weighted by atomic mass is 35.5. The molecule has 2 aliphatic heterocycles. The van der Waals surface area contributed by atoms with E-state index >= 15 is 0 Å². The molecule has 3 heterocycles. The largest absolute Gasteiger partial charge is 0.368 e. The first kappa shape index (κ1) is 20.7. The van der Waals surface area contributed by atoms with Crippen LogP contribution in [0.15, 0.2) is 65.8 Å². The number of aliphatic imine (C=N–C) groups is 1. The highest BCUT2D eigenvalue weighted by molar-refractivity contribution is 6.30. The van der Waals surface area contributed by atoms with E-state index < -0.39 is 5.92 Å². The summed E-state index contributed by atoms with van der Waals surface area (Å²) in [5.74, 6) is 0.0618. The van der Waals surface area contributed by atoms with Crippen molar-refractivity contribution in [1.82, 2.24) is 14.7 Å². The van der Waals surface area contributed by atoms with Gasteiger partial charge >= 0.3 is 0 Å². The van der Waals surface area contributed by atoms with Gasteiger partial charge in [-0.1, -0.05) is 23.7 Å². The van der Waals surface area contributed by atoms with Crippen LogP contribution < -0.4 is 4.90 Å². The van der Waals surface area contributed by atoms with Crippen LogP contribution in [0.2, 0.25) is 5.02 Å². The number of carbonyl (C=O) groups excluding carboxylic acids is 1. The Bertz CT molecular complexity index is 1170. The highest BCUT2D eigenvalue weighted by Gasteiger charge is 2.40. The van der Waals surface area contributed by atoms with Gasteiger partial charge in [0.1, 0.15) is 11.7 Å². The molecule has 0 saturated carbocycles. The smallest absolute Gasteiger partial charge is 0.234 e. The lowest BCUT2D eigenvalue weighted by atomic mass is 9.87. The number of piperazine rings is 1. The predicted octanol–water partition coefficient (Wildman–Crippen LogP) is 4.34. The van der Waals surface area contributed by atoms with E-state index in [0.717, 1.165) is 22.8 Å². The van der Waals surface area contributed by atoms with E-state index in [1.807, 2.05) is 46.8 Å². The van der Waals surface area contributed by atoms with E-state index in [1.54, 1.807) is 18.3 Å². The van der Waals surface area contributed by atoms with Crippen molar-refractivity contribution in [2.75, 3.05) is 31.1 Å². The summed E-state index contributed by atoms with van der Waals surface area (Å²) in [4.78, 5) is 22.5. The molecule has 0 N–H and O–H groups in total. The minimum absolute atomic E-state index is 0.0381. The maximum Gasteiger partial charge on any atom is 0.234 e. The van der Waals surface area contributed by atoms with Crippen molar-refractivity contribution in [3.8, 4) is 0 Å². The molecule has 0 radical (unpaired) electrons. The minimum atomic E-state index is -0.460. The third-order valence-electron chi connectivity index (χ3n) is 6.21. The first-order chi connectivity index (χ1) is 15.5. The lowest BCUT2D eigenvalue weighted by molar-refractivity contribution is -0.134. The number of carbonyl (C=O) groups is 1. The van der Waals surface area contributed by atoms with E-state index in [0.29, 0.717) is 31.2 Å². The molecule has 3 aromatic rings. The van der Waals surface area contributed by atoms with Gasteiger partial charge in [-0.05, 0) is 48.9 Å². The van der Waals surface area contributed by atoms with E-state index in [4.69, 9.17) is 11.6 Å². The fourth-order valence-corrected chi connectivity index (χ4v) is 4.80. The van der Waals surface area contributed by atoms with Crippen molar-refractivity contribution >= 4 is 34.7 Å². The second-order valence-corrected chi connectivity index (χ2v) is 8.59. The van der Waals surface area contributed by atoms with E-state index in [1.165, 1.54) is 12.1 Å². The van der Waals surface area contributed by atoms with E-state index in [9.17, 15) is 9.18 Å². The van der Waals surface area contributed by atoms with Crippen LogP contribution in [0.1, 0.15) is 18.5 Å². The van der Waals surface area contributed by atoms with Crippen molar-refractivity contribution in [1.29, 1.82) is 0 Å². The van der Waals surface area contributed by atoms with Gasteiger partial charge in [-0.3, -0.25) is 4.79 Å². The fourth-order valence-electron chi connectivity index (χ4n) is 4.60. The van der Waals surface area contributed by atoms with E-state index in [-0.39, 0.29) is 17.8 Å². The molecule has 164 valence electrons. The Hall–Kier alpha value is -3.19. The van der Waals surface area contributed by atoms with Crippen LogP contribution in [0.25, 0.3) is 0 Å². The zero-order valence-electron chi connectivity index (χ0n) is 17.7. The summed E-state index contributed by atoms with van der Waals surface area (Å²) in [5.41, 5.74) is 2.67. The maximum absolute atomic E-state index is 13.8. The normalized spacial score (nSPS) is 20.7. The summed E-state index contributed by atoms with van der Waals surface area (Å²) in [6, 6.07) is 15.6. The lowest BCUT2D eigenvalue weighted by Crippen LogP contribution is -2.53. The van der Waals surface area contributed by atoms with Gasteiger partial charge in [-0.2, -0.15) is 5.10 Å². The van der Waals surface area contributed by atoms with Gasteiger partial charge < -0.3 is 9.80 Å². The number of anilines is 1. The topological polar surface area (TPSA) is 53.7 Å². The second-order valence-electron chi connectivity index (χ2n) is 8.15. The summed E-state index contributed by atoms with van der Waals surface area (Å²) in [6.07, 6.45) is 1.71. The van der Waals surface area contributed by atoms with Crippen LogP contribution in [0, 0.1) is 11.7 Å². The Morgan fingerprint density at radius 1 is 1.06 bits per heavy atom. The summed E-state index contributed by atoms with van der Waals surface area (Å²) in [7, 11) is 0. The number of hydrogen-bond donors (Lipinski definition) is 0. The van der Waals surface area contributed by atoms with Crippen molar-refractivity contribution in [2.45, 2.75) is 13.0 Å². The van der Waals surface area contributed by atoms with Crippen molar-refractivity contribution in [2.24, 2.45) is 10.9 Å². The first-order valence-electron chi connectivity index (χ1n) is 10.6. The van der Waals surface area contributed by atoms with Crippen LogP contribution in [0.5, 0.6) is 0 Å². The molecule has 2 atom stereocenters. The Labute approximate surface area is 190 Å². The first-order valence-corrected chi connectivity index (χ1v) is 11.0. The molecule has 5 rings (SSSR count). The highest BCUT2D eigenvalue weighted by Crippen LogP contribution is 2.37. The quantitative estimate of drug-likeness (QED) is 0.595. The van der Waals surface area contributed by atoms with Crippen molar-refractivity contribution < 1.29 is 9.18 Å². The lowest BCUT2D eigenvalue weighted by Gasteiger charge is -2.40. The zero-order chi connectivity index (χ0) is 22.2. The molecule has 0 spiro atoms. The van der Waals surface area contributed by atoms with E-state index in [2.05, 4.69) is 15.0 Å². The minimum Gasteiger partial charge on any atom is -0.368 e. The van der Waals surface area contributed by atoms with Crippen molar-refractivity contribution in [3.63, 3.8) is 0 Å². The number of aromatic nitrogens is 2. The SMILES string of the molecule is CC1=Nc2ccnn2C(c2cccc(Cl)c2)C1C(=O)N1CCN(c2ccc(F)cc2)CC1. The number of hydrogen-bond acceptors (Lipinski definition) is 4. The Morgan fingerprint density at radius 2 is 1.81 bits per heavy atom. The Morgan fingerprint density at radius 3 is 2.53 bits per heavy atom. The van der Waals surface area contributed by atoms with Crippen LogP contribution >= 0.6 is 11.6 Å². The molecule has 1 saturated heterocycles. The second kappa shape index (κ2) is 8.39. The van der Waals surface area contributed by atoms with Gasteiger partial charge in [0.05, 0.1) is 12.2 Å². The number of amides is 1. The van der Waals surface area contributed by atoms with Gasteiger partial charge in [0.15, 0.2) is 5.82 Å². The number of benzene rings is 2. The molecule has 6 nitrogen and oxygen atoms in total. The van der Waals surface area contributed by atoms with Gasteiger partial charge in [0, 0.05) is 48.7 Å². The molecule has 1 fully saturated rings. The van der Waals surface area contributed by atoms with Crippen LogP contribution in [0.4, 0.5) is 15.9 Å². The van der Waals surface area contributed by atoms with Crippen LogP contribution in [0.3, 0.4) is 0 Å². The summed E-state index contributed by atoms with van der Waals surface area (Å²) in [5, 5.41) is 5.09. The number of rotatable bonds is 3. The average Bonchev–Trinajstić information content (AvgIpc) is 3.26. The molecule has 2 aliphatic rings. The monoisotopic (exact) mass is 451 g/mol. The Balaban J connectivity index is 1.40. The molecular formula is C24H23ClFN5O. The van der Waals surface area contributed by atoms with Crippen LogP contribution in [-0.4, -0.2) is 52.5 Å². The van der Waals surface area contributed by atoms with Crippen LogP contribution in [-0.2, 0) is 4.79 Å². The average molecular weight is 452 g/mol. The third kappa shape index (κ3) is 3.77. The molecule has 1 aromatic heterocycles.